The van der Waals surface area contributed by atoms with Crippen molar-refractivity contribution in [1.29, 1.82) is 0 Å². The lowest BCUT2D eigenvalue weighted by atomic mass is 10.0. The first kappa shape index (κ1) is 21.2. The lowest BCUT2D eigenvalue weighted by molar-refractivity contribution is -0.129. The number of ether oxygens (including phenoxy) is 2. The van der Waals surface area contributed by atoms with E-state index in [1.165, 1.54) is 6.92 Å². The van der Waals surface area contributed by atoms with Crippen molar-refractivity contribution in [2.45, 2.75) is 32.9 Å². The predicted molar refractivity (Wildman–Crippen MR) is 104 cm³/mol. The topological polar surface area (TPSA) is 79.9 Å². The Kier molecular flexibility index (Phi) is 8.06. The Morgan fingerprint density at radius 3 is 2.33 bits per heavy atom. The van der Waals surface area contributed by atoms with E-state index in [2.05, 4.69) is 15.5 Å². The minimum Gasteiger partial charge on any atom is -0.497 e. The zero-order chi connectivity index (χ0) is 19.8. The van der Waals surface area contributed by atoms with Gasteiger partial charge in [0.2, 0.25) is 11.8 Å². The van der Waals surface area contributed by atoms with E-state index in [9.17, 15) is 9.59 Å². The van der Waals surface area contributed by atoms with Gasteiger partial charge in [-0.15, -0.1) is 0 Å². The van der Waals surface area contributed by atoms with Gasteiger partial charge >= 0.3 is 0 Å². The van der Waals surface area contributed by atoms with Crippen LogP contribution < -0.4 is 15.4 Å². The van der Waals surface area contributed by atoms with Crippen molar-refractivity contribution < 1.29 is 19.1 Å². The average Bonchev–Trinajstić information content (AvgIpc) is 2.67. The molecule has 150 valence electrons. The molecular formula is C20H31N3O4. The lowest BCUT2D eigenvalue weighted by Crippen LogP contribution is -2.51. The smallest absolute Gasteiger partial charge is 0.242 e. The maximum atomic E-state index is 12.7. The standard InChI is InChI=1S/C20H31N3O4/c1-14(2)19(22-15(3)24)20(25)21-13-18(23-9-11-27-12-10-23)16-5-7-17(26-4)8-6-16/h5-8,14,18-19H,9-13H2,1-4H3,(H,21,25)(H,22,24)/t18-,19-/m0/s1. The average molecular weight is 377 g/mol. The fourth-order valence-electron chi connectivity index (χ4n) is 3.23. The number of methoxy groups -OCH3 is 1. The molecule has 1 aromatic rings. The maximum absolute atomic E-state index is 12.7. The van der Waals surface area contributed by atoms with Crippen LogP contribution in [-0.4, -0.2) is 62.7 Å². The summed E-state index contributed by atoms with van der Waals surface area (Å²) in [5.41, 5.74) is 1.11. The van der Waals surface area contributed by atoms with Crippen molar-refractivity contribution in [3.63, 3.8) is 0 Å². The minimum absolute atomic E-state index is 0.0109. The molecular weight excluding hydrogens is 346 g/mol. The molecule has 0 spiro atoms. The quantitative estimate of drug-likeness (QED) is 0.715. The number of rotatable bonds is 8. The summed E-state index contributed by atoms with van der Waals surface area (Å²) < 4.78 is 10.7. The number of amides is 2. The van der Waals surface area contributed by atoms with Gasteiger partial charge in [-0.3, -0.25) is 14.5 Å². The number of morpholine rings is 1. The molecule has 1 heterocycles. The van der Waals surface area contributed by atoms with Crippen LogP contribution in [0.15, 0.2) is 24.3 Å². The number of carbonyl (C=O) groups is 2. The van der Waals surface area contributed by atoms with Crippen molar-refractivity contribution in [3.8, 4) is 5.75 Å². The Morgan fingerprint density at radius 1 is 1.19 bits per heavy atom. The van der Waals surface area contributed by atoms with Gasteiger partial charge in [0.15, 0.2) is 0 Å². The first-order valence-electron chi connectivity index (χ1n) is 9.43. The molecule has 2 atom stereocenters. The van der Waals surface area contributed by atoms with Gasteiger partial charge in [0, 0.05) is 26.6 Å². The molecule has 1 aromatic carbocycles. The van der Waals surface area contributed by atoms with E-state index in [4.69, 9.17) is 9.47 Å². The summed E-state index contributed by atoms with van der Waals surface area (Å²) in [5, 5.41) is 5.76. The molecule has 0 unspecified atom stereocenters. The number of hydrogen-bond donors (Lipinski definition) is 2. The van der Waals surface area contributed by atoms with Crippen LogP contribution in [0.4, 0.5) is 0 Å². The Balaban J connectivity index is 2.10. The Morgan fingerprint density at radius 2 is 1.81 bits per heavy atom. The van der Waals surface area contributed by atoms with E-state index in [1.807, 2.05) is 38.1 Å². The van der Waals surface area contributed by atoms with Crippen LogP contribution in [0.5, 0.6) is 5.75 Å². The summed E-state index contributed by atoms with van der Waals surface area (Å²) in [4.78, 5) is 26.4. The maximum Gasteiger partial charge on any atom is 0.242 e. The fourth-order valence-corrected chi connectivity index (χ4v) is 3.23. The first-order chi connectivity index (χ1) is 12.9. The van der Waals surface area contributed by atoms with Crippen molar-refractivity contribution in [2.24, 2.45) is 5.92 Å². The van der Waals surface area contributed by atoms with E-state index in [0.717, 1.165) is 24.4 Å². The lowest BCUT2D eigenvalue weighted by Gasteiger charge is -2.35. The minimum atomic E-state index is -0.538. The Bertz CT molecular complexity index is 612. The molecule has 1 aliphatic heterocycles. The number of benzene rings is 1. The predicted octanol–water partition coefficient (Wildman–Crippen LogP) is 1.35. The highest BCUT2D eigenvalue weighted by Gasteiger charge is 2.27. The van der Waals surface area contributed by atoms with E-state index in [0.29, 0.717) is 19.8 Å². The van der Waals surface area contributed by atoms with Crippen molar-refractivity contribution in [2.75, 3.05) is 40.0 Å². The molecule has 0 saturated carbocycles. The molecule has 2 rings (SSSR count). The van der Waals surface area contributed by atoms with E-state index in [-0.39, 0.29) is 23.8 Å². The molecule has 0 radical (unpaired) electrons. The Hall–Kier alpha value is -2.12. The molecule has 7 heteroatoms. The van der Waals surface area contributed by atoms with Gasteiger partial charge < -0.3 is 20.1 Å². The third-order valence-corrected chi connectivity index (χ3v) is 4.76. The molecule has 7 nitrogen and oxygen atoms in total. The molecule has 2 N–H and O–H groups in total. The normalized spacial score (nSPS) is 17.2. The zero-order valence-electron chi connectivity index (χ0n) is 16.7. The van der Waals surface area contributed by atoms with Gasteiger partial charge in [-0.2, -0.15) is 0 Å². The van der Waals surface area contributed by atoms with Crippen LogP contribution in [0.1, 0.15) is 32.4 Å². The van der Waals surface area contributed by atoms with Gasteiger partial charge in [-0.1, -0.05) is 26.0 Å². The third-order valence-electron chi connectivity index (χ3n) is 4.76. The molecule has 1 saturated heterocycles. The van der Waals surface area contributed by atoms with Crippen molar-refractivity contribution in [1.82, 2.24) is 15.5 Å². The molecule has 0 aliphatic carbocycles. The summed E-state index contributed by atoms with van der Waals surface area (Å²) in [6, 6.07) is 7.41. The summed E-state index contributed by atoms with van der Waals surface area (Å²) in [7, 11) is 1.64. The Labute approximate surface area is 161 Å². The molecule has 1 aliphatic rings. The van der Waals surface area contributed by atoms with Crippen LogP contribution >= 0.6 is 0 Å². The van der Waals surface area contributed by atoms with Crippen LogP contribution in [0.25, 0.3) is 0 Å². The van der Waals surface area contributed by atoms with Crippen LogP contribution in [0.2, 0.25) is 0 Å². The SMILES string of the molecule is COc1ccc([C@H](CNC(=O)[C@@H](NC(C)=O)C(C)C)N2CCOCC2)cc1. The summed E-state index contributed by atoms with van der Waals surface area (Å²) in [6.07, 6.45) is 0. The molecule has 1 fully saturated rings. The van der Waals surface area contributed by atoms with E-state index >= 15 is 0 Å². The number of nitrogens with zero attached hydrogens (tertiary/aromatic N) is 1. The largest absolute Gasteiger partial charge is 0.497 e. The summed E-state index contributed by atoms with van der Waals surface area (Å²) in [6.45, 7) is 8.72. The van der Waals surface area contributed by atoms with Gasteiger partial charge in [-0.25, -0.2) is 0 Å². The van der Waals surface area contributed by atoms with Crippen LogP contribution in [-0.2, 0) is 14.3 Å². The van der Waals surface area contributed by atoms with E-state index < -0.39 is 6.04 Å². The second-order valence-corrected chi connectivity index (χ2v) is 7.10. The summed E-state index contributed by atoms with van der Waals surface area (Å²) >= 11 is 0. The highest BCUT2D eigenvalue weighted by Crippen LogP contribution is 2.23. The number of carbonyl (C=O) groups excluding carboxylic acids is 2. The van der Waals surface area contributed by atoms with Gasteiger partial charge in [0.1, 0.15) is 11.8 Å². The van der Waals surface area contributed by atoms with Crippen LogP contribution in [0.3, 0.4) is 0 Å². The molecule has 27 heavy (non-hydrogen) atoms. The molecule has 0 aromatic heterocycles. The first-order valence-corrected chi connectivity index (χ1v) is 9.43. The number of hydrogen-bond acceptors (Lipinski definition) is 5. The highest BCUT2D eigenvalue weighted by atomic mass is 16.5. The van der Waals surface area contributed by atoms with E-state index in [1.54, 1.807) is 7.11 Å². The molecule has 2 amide bonds. The second-order valence-electron chi connectivity index (χ2n) is 7.10. The summed E-state index contributed by atoms with van der Waals surface area (Å²) in [5.74, 6) is 0.446. The third kappa shape index (κ3) is 6.22. The van der Waals surface area contributed by atoms with Crippen LogP contribution in [0, 0.1) is 5.92 Å². The van der Waals surface area contributed by atoms with Crippen molar-refractivity contribution in [3.05, 3.63) is 29.8 Å². The van der Waals surface area contributed by atoms with Crippen molar-refractivity contribution >= 4 is 11.8 Å². The highest BCUT2D eigenvalue weighted by molar-refractivity contribution is 5.87. The number of nitrogens with one attached hydrogen (secondary N) is 2. The van der Waals surface area contributed by atoms with Gasteiger partial charge in [-0.05, 0) is 23.6 Å². The van der Waals surface area contributed by atoms with Gasteiger partial charge in [0.05, 0.1) is 26.4 Å². The second kappa shape index (κ2) is 10.3. The zero-order valence-corrected chi connectivity index (χ0v) is 16.7. The molecule has 0 bridgehead atoms. The fraction of sp³-hybridized carbons (Fsp3) is 0.600. The van der Waals surface area contributed by atoms with Gasteiger partial charge in [0.25, 0.3) is 0 Å². The monoisotopic (exact) mass is 377 g/mol.